The van der Waals surface area contributed by atoms with Gasteiger partial charge in [-0.2, -0.15) is 0 Å². The molecule has 166 valence electrons. The smallest absolute Gasteiger partial charge is 0.128 e. The second-order valence-electron chi connectivity index (χ2n) is 11.4. The quantitative estimate of drug-likeness (QED) is 0.516. The Hall–Kier alpha value is -2.48. The third kappa shape index (κ3) is 2.91. The molecule has 1 aliphatic heterocycles. The first-order valence-corrected chi connectivity index (χ1v) is 12.3. The van der Waals surface area contributed by atoms with Crippen LogP contribution >= 0.6 is 0 Å². The lowest BCUT2D eigenvalue weighted by atomic mass is 9.53. The summed E-state index contributed by atoms with van der Waals surface area (Å²) in [6.07, 6.45) is 10.9. The monoisotopic (exact) mass is 426 g/mol. The van der Waals surface area contributed by atoms with E-state index in [1.165, 1.54) is 53.5 Å². The predicted octanol–water partition coefficient (Wildman–Crippen LogP) is 7.35. The summed E-state index contributed by atoms with van der Waals surface area (Å²) in [5.74, 6) is 3.49. The summed E-state index contributed by atoms with van der Waals surface area (Å²) in [6.45, 7) is 9.07. The van der Waals surface area contributed by atoms with Crippen LogP contribution < -0.4 is 4.74 Å². The van der Waals surface area contributed by atoms with Gasteiger partial charge in [0.15, 0.2) is 0 Å². The highest BCUT2D eigenvalue weighted by atomic mass is 16.5. The summed E-state index contributed by atoms with van der Waals surface area (Å²) < 4.78 is 6.34. The predicted molar refractivity (Wildman–Crippen MR) is 130 cm³/mol. The fourth-order valence-corrected chi connectivity index (χ4v) is 7.46. The lowest BCUT2D eigenvalue weighted by Gasteiger charge is -2.51. The highest BCUT2D eigenvalue weighted by Gasteiger charge is 2.53. The number of phenols is 1. The lowest BCUT2D eigenvalue weighted by Crippen LogP contribution is -2.41. The van der Waals surface area contributed by atoms with Gasteiger partial charge in [-0.3, -0.25) is 0 Å². The van der Waals surface area contributed by atoms with Gasteiger partial charge in [0.2, 0.25) is 0 Å². The van der Waals surface area contributed by atoms with Crippen molar-refractivity contribution in [1.82, 2.24) is 0 Å². The van der Waals surface area contributed by atoms with Crippen molar-refractivity contribution >= 4 is 5.57 Å². The molecule has 0 radical (unpaired) electrons. The zero-order chi connectivity index (χ0) is 22.3. The van der Waals surface area contributed by atoms with Crippen LogP contribution in [0.5, 0.6) is 11.5 Å². The molecule has 6 rings (SSSR count). The fraction of sp³-hybridized carbons (Fsp3) is 0.467. The van der Waals surface area contributed by atoms with Gasteiger partial charge in [0.25, 0.3) is 0 Å². The van der Waals surface area contributed by atoms with Crippen molar-refractivity contribution in [3.8, 4) is 11.5 Å². The Labute approximate surface area is 192 Å². The minimum Gasteiger partial charge on any atom is -0.508 e. The first-order valence-electron chi connectivity index (χ1n) is 12.3. The van der Waals surface area contributed by atoms with Crippen molar-refractivity contribution < 1.29 is 9.84 Å². The maximum atomic E-state index is 9.97. The third-order valence-corrected chi connectivity index (χ3v) is 8.87. The minimum absolute atomic E-state index is 0.218. The van der Waals surface area contributed by atoms with E-state index in [1.54, 1.807) is 5.57 Å². The summed E-state index contributed by atoms with van der Waals surface area (Å²) >= 11 is 0. The van der Waals surface area contributed by atoms with Gasteiger partial charge < -0.3 is 9.84 Å². The summed E-state index contributed by atoms with van der Waals surface area (Å²) in [5, 5.41) is 9.97. The molecule has 2 aromatic carbocycles. The van der Waals surface area contributed by atoms with E-state index in [-0.39, 0.29) is 11.0 Å². The number of hydrogen-bond acceptors (Lipinski definition) is 2. The topological polar surface area (TPSA) is 29.5 Å². The van der Waals surface area contributed by atoms with Crippen LogP contribution in [0.2, 0.25) is 0 Å². The van der Waals surface area contributed by atoms with Crippen molar-refractivity contribution in [2.45, 2.75) is 71.3 Å². The number of rotatable bonds is 1. The van der Waals surface area contributed by atoms with Gasteiger partial charge in [0.1, 0.15) is 17.1 Å². The van der Waals surface area contributed by atoms with E-state index in [4.69, 9.17) is 4.74 Å². The normalized spacial score (nSPS) is 31.9. The van der Waals surface area contributed by atoms with Crippen LogP contribution in [0.3, 0.4) is 0 Å². The second-order valence-corrected chi connectivity index (χ2v) is 11.4. The van der Waals surface area contributed by atoms with E-state index in [9.17, 15) is 5.11 Å². The average molecular weight is 427 g/mol. The average Bonchev–Trinajstić information content (AvgIpc) is 3.10. The molecule has 4 aliphatic rings. The van der Waals surface area contributed by atoms with Gasteiger partial charge in [0, 0.05) is 5.56 Å². The number of aryl methyl sites for hydroxylation is 2. The van der Waals surface area contributed by atoms with Crippen molar-refractivity contribution in [3.63, 3.8) is 0 Å². The number of allylic oxidation sites excluding steroid dienone is 3. The zero-order valence-electron chi connectivity index (χ0n) is 19.7. The van der Waals surface area contributed by atoms with Crippen LogP contribution in [-0.2, 0) is 6.42 Å². The number of phenolic OH excluding ortho intramolecular Hbond substituents is 1. The summed E-state index contributed by atoms with van der Waals surface area (Å²) in [5.41, 5.74) is 8.32. The molecule has 2 aromatic rings. The first-order chi connectivity index (χ1) is 15.2. The van der Waals surface area contributed by atoms with E-state index < -0.39 is 0 Å². The molecule has 1 fully saturated rings. The molecule has 0 unspecified atom stereocenters. The Bertz CT molecular complexity index is 1170. The second kappa shape index (κ2) is 6.76. The van der Waals surface area contributed by atoms with Gasteiger partial charge in [-0.25, -0.2) is 0 Å². The lowest BCUT2D eigenvalue weighted by molar-refractivity contribution is 0.0777. The van der Waals surface area contributed by atoms with Crippen LogP contribution in [0.1, 0.15) is 74.6 Å². The fourth-order valence-electron chi connectivity index (χ4n) is 7.46. The highest BCUT2D eigenvalue weighted by molar-refractivity contribution is 5.86. The molecular weight excluding hydrogens is 392 g/mol. The molecule has 0 saturated heterocycles. The van der Waals surface area contributed by atoms with Crippen LogP contribution in [-0.4, -0.2) is 10.7 Å². The number of aromatic hydroxyl groups is 1. The van der Waals surface area contributed by atoms with Crippen molar-refractivity contribution in [3.05, 3.63) is 76.4 Å². The molecule has 2 heteroatoms. The van der Waals surface area contributed by atoms with E-state index in [1.807, 2.05) is 12.1 Å². The van der Waals surface area contributed by atoms with Gasteiger partial charge in [-0.05, 0) is 129 Å². The van der Waals surface area contributed by atoms with Crippen molar-refractivity contribution in [1.29, 1.82) is 0 Å². The van der Waals surface area contributed by atoms with E-state index in [0.717, 1.165) is 18.1 Å². The largest absolute Gasteiger partial charge is 0.508 e. The zero-order valence-corrected chi connectivity index (χ0v) is 19.7. The van der Waals surface area contributed by atoms with Crippen LogP contribution in [0.4, 0.5) is 0 Å². The Morgan fingerprint density at radius 1 is 1.03 bits per heavy atom. The molecule has 1 saturated carbocycles. The van der Waals surface area contributed by atoms with E-state index >= 15 is 0 Å². The maximum Gasteiger partial charge on any atom is 0.128 e. The highest BCUT2D eigenvalue weighted by Crippen LogP contribution is 2.64. The Kier molecular flexibility index (Phi) is 4.26. The molecule has 0 amide bonds. The van der Waals surface area contributed by atoms with Crippen molar-refractivity contribution in [2.24, 2.45) is 17.3 Å². The molecule has 2 nitrogen and oxygen atoms in total. The van der Waals surface area contributed by atoms with E-state index in [2.05, 4.69) is 64.1 Å². The number of hydrogen-bond donors (Lipinski definition) is 1. The van der Waals surface area contributed by atoms with Gasteiger partial charge in [-0.15, -0.1) is 0 Å². The van der Waals surface area contributed by atoms with Crippen LogP contribution in [0.25, 0.3) is 5.57 Å². The maximum absolute atomic E-state index is 9.97. The van der Waals surface area contributed by atoms with Crippen LogP contribution in [0.15, 0.2) is 54.1 Å². The Morgan fingerprint density at radius 2 is 1.88 bits per heavy atom. The SMILES string of the molecule is Cc1ccc2c(c1)C(C1=CC[C@H]3[C@@H]4CCc5cc(O)ccc5[C@H]4CC[C@]13C)=CC(C)(C)O2. The summed E-state index contributed by atoms with van der Waals surface area (Å²) in [7, 11) is 0. The molecule has 4 atom stereocenters. The third-order valence-electron chi connectivity index (χ3n) is 8.87. The van der Waals surface area contributed by atoms with Crippen molar-refractivity contribution in [2.75, 3.05) is 0 Å². The minimum atomic E-state index is -0.296. The van der Waals surface area contributed by atoms with E-state index in [0.29, 0.717) is 17.6 Å². The molecule has 3 aliphatic carbocycles. The number of benzene rings is 2. The molecule has 0 aromatic heterocycles. The van der Waals surface area contributed by atoms with Crippen LogP contribution in [0, 0.1) is 24.2 Å². The molecule has 1 heterocycles. The Morgan fingerprint density at radius 3 is 2.72 bits per heavy atom. The molecular formula is C30H34O2. The summed E-state index contributed by atoms with van der Waals surface area (Å²) in [4.78, 5) is 0. The van der Waals surface area contributed by atoms with Gasteiger partial charge in [-0.1, -0.05) is 30.7 Å². The standard InChI is InChI=1S/C30H34O2/c1-18-5-12-28-24(15-18)25(17-29(2,3)32-28)27-11-10-26-23-8-6-19-16-20(31)7-9-21(19)22(23)13-14-30(26,27)4/h5,7,9,11-12,15-17,22-23,26,31H,6,8,10,13-14H2,1-4H3/t22-,23-,26+,30+/m1/s1. The number of fused-ring (bicyclic) bond motifs is 6. The number of ether oxygens (including phenoxy) is 1. The van der Waals surface area contributed by atoms with Gasteiger partial charge >= 0.3 is 0 Å². The molecule has 0 spiro atoms. The molecule has 1 N–H and O–H groups in total. The summed E-state index contributed by atoms with van der Waals surface area (Å²) in [6, 6.07) is 12.7. The first kappa shape index (κ1) is 20.1. The molecule has 32 heavy (non-hydrogen) atoms. The molecule has 0 bridgehead atoms. The Balaban J connectivity index is 1.38. The van der Waals surface area contributed by atoms with Gasteiger partial charge in [0.05, 0.1) is 0 Å².